The summed E-state index contributed by atoms with van der Waals surface area (Å²) in [4.78, 5) is 18.4. The molecule has 1 aliphatic rings. The SMILES string of the molecule is O=C(Cc1cccc(F)c1)N1CCn2nnc(COc3cccnc3)c2C1. The van der Waals surface area contributed by atoms with Crippen molar-refractivity contribution in [2.45, 2.75) is 26.1 Å². The topological polar surface area (TPSA) is 73.1 Å². The van der Waals surface area contributed by atoms with Gasteiger partial charge in [-0.3, -0.25) is 9.78 Å². The van der Waals surface area contributed by atoms with Gasteiger partial charge < -0.3 is 9.64 Å². The summed E-state index contributed by atoms with van der Waals surface area (Å²) in [6.07, 6.45) is 3.47. The third kappa shape index (κ3) is 3.94. The van der Waals surface area contributed by atoms with Gasteiger partial charge in [-0.05, 0) is 29.8 Å². The summed E-state index contributed by atoms with van der Waals surface area (Å²) in [6.45, 7) is 1.79. The molecule has 0 radical (unpaired) electrons. The molecule has 0 saturated heterocycles. The van der Waals surface area contributed by atoms with Crippen molar-refractivity contribution in [3.63, 3.8) is 0 Å². The molecule has 0 aliphatic carbocycles. The van der Waals surface area contributed by atoms with Crippen LogP contribution in [0.4, 0.5) is 4.39 Å². The minimum absolute atomic E-state index is 0.0489. The number of amides is 1. The predicted molar refractivity (Wildman–Crippen MR) is 94.1 cm³/mol. The second-order valence-electron chi connectivity index (χ2n) is 6.31. The van der Waals surface area contributed by atoms with Crippen molar-refractivity contribution in [3.05, 3.63) is 71.6 Å². The predicted octanol–water partition coefficient (Wildman–Crippen LogP) is 1.98. The van der Waals surface area contributed by atoms with E-state index in [2.05, 4.69) is 15.3 Å². The summed E-state index contributed by atoms with van der Waals surface area (Å²) in [7, 11) is 0. The van der Waals surface area contributed by atoms with Crippen molar-refractivity contribution in [2.75, 3.05) is 6.54 Å². The Balaban J connectivity index is 1.43. The molecule has 0 unspecified atom stereocenters. The molecule has 7 nitrogen and oxygen atoms in total. The van der Waals surface area contributed by atoms with E-state index in [1.165, 1.54) is 12.1 Å². The number of hydrogen-bond donors (Lipinski definition) is 0. The van der Waals surface area contributed by atoms with Gasteiger partial charge in [0.2, 0.25) is 5.91 Å². The molecule has 8 heteroatoms. The number of rotatable bonds is 5. The van der Waals surface area contributed by atoms with Gasteiger partial charge in [0.25, 0.3) is 0 Å². The zero-order chi connectivity index (χ0) is 18.6. The molecule has 3 aromatic rings. The number of halogens is 1. The third-order valence-corrected chi connectivity index (χ3v) is 4.45. The Hall–Kier alpha value is -3.29. The summed E-state index contributed by atoms with van der Waals surface area (Å²) in [5.41, 5.74) is 2.22. The lowest BCUT2D eigenvalue weighted by atomic mass is 10.1. The quantitative estimate of drug-likeness (QED) is 0.689. The maximum Gasteiger partial charge on any atom is 0.227 e. The van der Waals surface area contributed by atoms with E-state index in [1.807, 2.05) is 6.07 Å². The van der Waals surface area contributed by atoms with Crippen LogP contribution in [0, 0.1) is 5.82 Å². The van der Waals surface area contributed by atoms with Crippen molar-refractivity contribution in [1.82, 2.24) is 24.9 Å². The lowest BCUT2D eigenvalue weighted by molar-refractivity contribution is -0.132. The number of carbonyl (C=O) groups is 1. The Kier molecular flexibility index (Phi) is 4.78. The van der Waals surface area contributed by atoms with Crippen LogP contribution < -0.4 is 4.74 Å². The highest BCUT2D eigenvalue weighted by atomic mass is 19.1. The molecule has 0 saturated carbocycles. The van der Waals surface area contributed by atoms with Crippen LogP contribution in [-0.4, -0.2) is 37.3 Å². The Morgan fingerprint density at radius 2 is 2.15 bits per heavy atom. The van der Waals surface area contributed by atoms with Gasteiger partial charge in [0.1, 0.15) is 23.9 Å². The highest BCUT2D eigenvalue weighted by Crippen LogP contribution is 2.18. The first-order valence-corrected chi connectivity index (χ1v) is 8.65. The largest absolute Gasteiger partial charge is 0.486 e. The summed E-state index contributed by atoms with van der Waals surface area (Å²) in [5.74, 6) is 0.261. The molecule has 3 heterocycles. The molecule has 0 fully saturated rings. The second kappa shape index (κ2) is 7.53. The van der Waals surface area contributed by atoms with Crippen LogP contribution in [0.15, 0.2) is 48.8 Å². The molecule has 0 bridgehead atoms. The molecule has 138 valence electrons. The summed E-state index contributed by atoms with van der Waals surface area (Å²) >= 11 is 0. The van der Waals surface area contributed by atoms with Gasteiger partial charge in [-0.25, -0.2) is 9.07 Å². The van der Waals surface area contributed by atoms with Crippen molar-refractivity contribution < 1.29 is 13.9 Å². The average Bonchev–Trinajstić information content (AvgIpc) is 3.09. The molecule has 0 atom stereocenters. The molecule has 1 amide bonds. The van der Waals surface area contributed by atoms with Gasteiger partial charge in [-0.15, -0.1) is 5.10 Å². The van der Waals surface area contributed by atoms with Gasteiger partial charge >= 0.3 is 0 Å². The molecule has 1 aromatic carbocycles. The van der Waals surface area contributed by atoms with E-state index in [1.54, 1.807) is 40.2 Å². The Labute approximate surface area is 155 Å². The number of nitrogens with zero attached hydrogens (tertiary/aromatic N) is 5. The first kappa shape index (κ1) is 17.1. The Morgan fingerprint density at radius 3 is 2.96 bits per heavy atom. The smallest absolute Gasteiger partial charge is 0.227 e. The van der Waals surface area contributed by atoms with Gasteiger partial charge in [-0.1, -0.05) is 17.3 Å². The molecule has 0 spiro atoms. The van der Waals surface area contributed by atoms with Gasteiger partial charge in [0.05, 0.1) is 31.4 Å². The fourth-order valence-electron chi connectivity index (χ4n) is 3.04. The Bertz CT molecular complexity index is 944. The van der Waals surface area contributed by atoms with Crippen LogP contribution >= 0.6 is 0 Å². The highest BCUT2D eigenvalue weighted by Gasteiger charge is 2.25. The highest BCUT2D eigenvalue weighted by molar-refractivity contribution is 5.78. The maximum atomic E-state index is 13.3. The van der Waals surface area contributed by atoms with Crippen LogP contribution in [-0.2, 0) is 30.9 Å². The number of carbonyl (C=O) groups excluding carboxylic acids is 1. The summed E-state index contributed by atoms with van der Waals surface area (Å²) in [6, 6.07) is 9.74. The minimum atomic E-state index is -0.337. The van der Waals surface area contributed by atoms with Crippen molar-refractivity contribution in [3.8, 4) is 5.75 Å². The molecule has 27 heavy (non-hydrogen) atoms. The number of benzene rings is 1. The van der Waals surface area contributed by atoms with Crippen molar-refractivity contribution >= 4 is 5.91 Å². The summed E-state index contributed by atoms with van der Waals surface area (Å²) < 4.78 is 20.8. The van der Waals surface area contributed by atoms with Crippen LogP contribution in [0.25, 0.3) is 0 Å². The first-order chi connectivity index (χ1) is 13.2. The second-order valence-corrected chi connectivity index (χ2v) is 6.31. The third-order valence-electron chi connectivity index (χ3n) is 4.45. The first-order valence-electron chi connectivity index (χ1n) is 8.65. The van der Waals surface area contributed by atoms with Crippen molar-refractivity contribution in [2.24, 2.45) is 0 Å². The number of ether oxygens (including phenoxy) is 1. The van der Waals surface area contributed by atoms with E-state index in [0.717, 1.165) is 5.69 Å². The molecular weight excluding hydrogens is 349 g/mol. The molecular formula is C19H18FN5O2. The number of hydrogen-bond acceptors (Lipinski definition) is 5. The Morgan fingerprint density at radius 1 is 1.22 bits per heavy atom. The number of aromatic nitrogens is 4. The lowest BCUT2D eigenvalue weighted by Gasteiger charge is -2.28. The van der Waals surface area contributed by atoms with E-state index in [0.29, 0.717) is 36.6 Å². The fraction of sp³-hybridized carbons (Fsp3) is 0.263. The van der Waals surface area contributed by atoms with Crippen LogP contribution in [0.1, 0.15) is 17.0 Å². The molecule has 1 aliphatic heterocycles. The fourth-order valence-corrected chi connectivity index (χ4v) is 3.04. The summed E-state index contributed by atoms with van der Waals surface area (Å²) in [5, 5.41) is 8.32. The van der Waals surface area contributed by atoms with Crippen LogP contribution in [0.2, 0.25) is 0 Å². The zero-order valence-corrected chi connectivity index (χ0v) is 14.6. The zero-order valence-electron chi connectivity index (χ0n) is 14.6. The van der Waals surface area contributed by atoms with Crippen molar-refractivity contribution in [1.29, 1.82) is 0 Å². The number of pyridine rings is 1. The van der Waals surface area contributed by atoms with E-state index in [-0.39, 0.29) is 24.8 Å². The van der Waals surface area contributed by atoms with Gasteiger partial charge in [0, 0.05) is 12.7 Å². The van der Waals surface area contributed by atoms with Gasteiger partial charge in [0.15, 0.2) is 0 Å². The maximum absolute atomic E-state index is 13.3. The average molecular weight is 367 g/mol. The van der Waals surface area contributed by atoms with E-state index >= 15 is 0 Å². The van der Waals surface area contributed by atoms with E-state index < -0.39 is 0 Å². The van der Waals surface area contributed by atoms with Gasteiger partial charge in [-0.2, -0.15) is 0 Å². The standard InChI is InChI=1S/C19H18FN5O2/c20-15-4-1-3-14(9-15)10-19(26)24-7-8-25-18(12-24)17(22-23-25)13-27-16-5-2-6-21-11-16/h1-6,9,11H,7-8,10,12-13H2. The molecule has 0 N–H and O–H groups in total. The molecule has 4 rings (SSSR count). The molecule has 2 aromatic heterocycles. The van der Waals surface area contributed by atoms with E-state index in [9.17, 15) is 9.18 Å². The normalized spacial score (nSPS) is 13.3. The number of fused-ring (bicyclic) bond motifs is 1. The lowest BCUT2D eigenvalue weighted by Crippen LogP contribution is -2.39. The van der Waals surface area contributed by atoms with E-state index in [4.69, 9.17) is 4.74 Å². The minimum Gasteiger partial charge on any atom is -0.486 e. The van der Waals surface area contributed by atoms with Crippen LogP contribution in [0.5, 0.6) is 5.75 Å². The van der Waals surface area contributed by atoms with Crippen LogP contribution in [0.3, 0.4) is 0 Å². The monoisotopic (exact) mass is 367 g/mol.